The normalized spacial score (nSPS) is 10.4. The Hall–Kier alpha value is -3.95. The fourth-order valence-corrected chi connectivity index (χ4v) is 2.06. The average Bonchev–Trinajstić information content (AvgIpc) is 2.72. The number of hydrazone groups is 1. The van der Waals surface area contributed by atoms with Gasteiger partial charge in [0.15, 0.2) is 6.61 Å². The zero-order valence-corrected chi connectivity index (χ0v) is 15.1. The van der Waals surface area contributed by atoms with Gasteiger partial charge in [0.1, 0.15) is 11.5 Å². The van der Waals surface area contributed by atoms with E-state index in [4.69, 9.17) is 9.47 Å². The number of nitro benzene ring substituents is 1. The van der Waals surface area contributed by atoms with Gasteiger partial charge in [0.05, 0.1) is 30.9 Å². The molecule has 0 saturated carbocycles. The fourth-order valence-electron chi connectivity index (χ4n) is 2.06. The van der Waals surface area contributed by atoms with Crippen LogP contribution in [0.15, 0.2) is 47.6 Å². The van der Waals surface area contributed by atoms with E-state index in [1.807, 2.05) is 0 Å². The Kier molecular flexibility index (Phi) is 7.03. The molecule has 1 N–H and O–H groups in total. The van der Waals surface area contributed by atoms with Crippen molar-refractivity contribution in [3.63, 3.8) is 0 Å². The third-order valence-corrected chi connectivity index (χ3v) is 3.48. The van der Waals surface area contributed by atoms with Crippen LogP contribution in [0.2, 0.25) is 0 Å². The van der Waals surface area contributed by atoms with Crippen molar-refractivity contribution in [1.29, 1.82) is 0 Å². The Bertz CT molecular complexity index is 895. The second-order valence-electron chi connectivity index (χ2n) is 5.27. The number of non-ortho nitro benzene ring substituents is 1. The summed E-state index contributed by atoms with van der Waals surface area (Å²) in [5.41, 5.74) is 2.68. The molecule has 1 amide bonds. The van der Waals surface area contributed by atoms with E-state index < -0.39 is 16.8 Å². The highest BCUT2D eigenvalue weighted by molar-refractivity contribution is 5.98. The molecule has 0 aliphatic carbocycles. The lowest BCUT2D eigenvalue weighted by Crippen LogP contribution is -2.18. The molecule has 0 heterocycles. The molecule has 0 unspecified atom stereocenters. The SMILES string of the molecule is COC(=O)COc1ccc(/C=N\NC(=O)c2cc([N+](=O)[O-])ccc2OC)cc1. The Morgan fingerprint density at radius 3 is 2.50 bits per heavy atom. The van der Waals surface area contributed by atoms with Gasteiger partial charge in [-0.15, -0.1) is 0 Å². The lowest BCUT2D eigenvalue weighted by Gasteiger charge is -2.06. The van der Waals surface area contributed by atoms with E-state index in [9.17, 15) is 19.7 Å². The van der Waals surface area contributed by atoms with Crippen LogP contribution in [-0.2, 0) is 9.53 Å². The van der Waals surface area contributed by atoms with Gasteiger partial charge in [0.25, 0.3) is 11.6 Å². The second kappa shape index (κ2) is 9.67. The zero-order valence-electron chi connectivity index (χ0n) is 15.1. The molecular formula is C18H17N3O7. The Morgan fingerprint density at radius 1 is 1.18 bits per heavy atom. The number of esters is 1. The van der Waals surface area contributed by atoms with Crippen molar-refractivity contribution >= 4 is 23.8 Å². The lowest BCUT2D eigenvalue weighted by atomic mass is 10.1. The summed E-state index contributed by atoms with van der Waals surface area (Å²) >= 11 is 0. The number of carbonyl (C=O) groups is 2. The van der Waals surface area contributed by atoms with Crippen LogP contribution in [0.5, 0.6) is 11.5 Å². The number of carbonyl (C=O) groups excluding carboxylic acids is 2. The van der Waals surface area contributed by atoms with Gasteiger partial charge in [-0.3, -0.25) is 14.9 Å². The van der Waals surface area contributed by atoms with E-state index in [1.165, 1.54) is 32.6 Å². The van der Waals surface area contributed by atoms with Crippen molar-refractivity contribution in [2.75, 3.05) is 20.8 Å². The number of ether oxygens (including phenoxy) is 3. The first-order valence-corrected chi connectivity index (χ1v) is 7.90. The summed E-state index contributed by atoms with van der Waals surface area (Å²) in [4.78, 5) is 33.5. The summed E-state index contributed by atoms with van der Waals surface area (Å²) in [5.74, 6) is -0.502. The Labute approximate surface area is 159 Å². The van der Waals surface area contributed by atoms with Gasteiger partial charge in [0.2, 0.25) is 0 Å². The fraction of sp³-hybridized carbons (Fsp3) is 0.167. The molecule has 10 nitrogen and oxygen atoms in total. The van der Waals surface area contributed by atoms with Crippen molar-refractivity contribution in [2.24, 2.45) is 5.10 Å². The van der Waals surface area contributed by atoms with Crippen LogP contribution in [0.3, 0.4) is 0 Å². The topological polar surface area (TPSA) is 129 Å². The maximum Gasteiger partial charge on any atom is 0.343 e. The molecule has 0 fully saturated rings. The minimum absolute atomic E-state index is 0.0135. The van der Waals surface area contributed by atoms with Gasteiger partial charge in [-0.25, -0.2) is 10.2 Å². The molecule has 0 saturated heterocycles. The molecule has 0 atom stereocenters. The van der Waals surface area contributed by atoms with Gasteiger partial charge in [-0.2, -0.15) is 5.10 Å². The monoisotopic (exact) mass is 387 g/mol. The van der Waals surface area contributed by atoms with E-state index in [-0.39, 0.29) is 23.6 Å². The number of nitrogens with one attached hydrogen (secondary N) is 1. The van der Waals surface area contributed by atoms with E-state index in [0.29, 0.717) is 11.3 Å². The van der Waals surface area contributed by atoms with Crippen LogP contribution in [0.25, 0.3) is 0 Å². The van der Waals surface area contributed by atoms with Gasteiger partial charge >= 0.3 is 5.97 Å². The predicted octanol–water partition coefficient (Wildman–Crippen LogP) is 1.92. The average molecular weight is 387 g/mol. The summed E-state index contributed by atoms with van der Waals surface area (Å²) in [5, 5.41) is 14.7. The largest absolute Gasteiger partial charge is 0.496 e. The molecule has 0 aromatic heterocycles. The molecule has 0 aliphatic heterocycles. The third-order valence-electron chi connectivity index (χ3n) is 3.48. The minimum atomic E-state index is -0.658. The molecule has 0 bridgehead atoms. The maximum absolute atomic E-state index is 12.2. The van der Waals surface area contributed by atoms with E-state index >= 15 is 0 Å². The third kappa shape index (κ3) is 5.53. The molecule has 0 radical (unpaired) electrons. The van der Waals surface area contributed by atoms with Crippen molar-refractivity contribution in [3.8, 4) is 11.5 Å². The maximum atomic E-state index is 12.2. The van der Waals surface area contributed by atoms with Crippen LogP contribution in [0, 0.1) is 10.1 Å². The first kappa shape index (κ1) is 20.4. The number of hydrogen-bond donors (Lipinski definition) is 1. The van der Waals surface area contributed by atoms with Crippen LogP contribution in [0.4, 0.5) is 5.69 Å². The summed E-state index contributed by atoms with van der Waals surface area (Å²) in [6.07, 6.45) is 1.38. The number of amides is 1. The molecule has 146 valence electrons. The summed E-state index contributed by atoms with van der Waals surface area (Å²) in [6.45, 7) is -0.203. The van der Waals surface area contributed by atoms with Crippen LogP contribution >= 0.6 is 0 Å². The standard InChI is InChI=1S/C18H17N3O7/c1-26-16-8-5-13(21(24)25)9-15(16)18(23)20-19-10-12-3-6-14(7-4-12)28-11-17(22)27-2/h3-10H,11H2,1-2H3,(H,20,23)/b19-10-. The minimum Gasteiger partial charge on any atom is -0.496 e. The van der Waals surface area contributed by atoms with Crippen molar-refractivity contribution in [2.45, 2.75) is 0 Å². The highest BCUT2D eigenvalue weighted by Crippen LogP contribution is 2.23. The molecular weight excluding hydrogens is 370 g/mol. The Balaban J connectivity index is 2.00. The number of methoxy groups -OCH3 is 2. The summed E-state index contributed by atoms with van der Waals surface area (Å²) in [7, 11) is 2.62. The molecule has 0 aliphatic rings. The van der Waals surface area contributed by atoms with Crippen LogP contribution in [-0.4, -0.2) is 43.8 Å². The van der Waals surface area contributed by atoms with Gasteiger partial charge in [-0.1, -0.05) is 0 Å². The number of nitrogens with zero attached hydrogens (tertiary/aromatic N) is 2. The number of nitro groups is 1. The zero-order chi connectivity index (χ0) is 20.5. The van der Waals surface area contributed by atoms with Crippen molar-refractivity contribution in [3.05, 3.63) is 63.7 Å². The van der Waals surface area contributed by atoms with Crippen LogP contribution < -0.4 is 14.9 Å². The predicted molar refractivity (Wildman–Crippen MR) is 98.7 cm³/mol. The molecule has 10 heteroatoms. The first-order valence-electron chi connectivity index (χ1n) is 7.90. The molecule has 0 spiro atoms. The molecule has 2 rings (SSSR count). The number of hydrogen-bond acceptors (Lipinski definition) is 8. The molecule has 28 heavy (non-hydrogen) atoms. The molecule has 2 aromatic carbocycles. The Morgan fingerprint density at radius 2 is 1.89 bits per heavy atom. The quantitative estimate of drug-likeness (QED) is 0.317. The van der Waals surface area contributed by atoms with Gasteiger partial charge < -0.3 is 14.2 Å². The second-order valence-corrected chi connectivity index (χ2v) is 5.27. The van der Waals surface area contributed by atoms with Crippen molar-refractivity contribution in [1.82, 2.24) is 5.43 Å². The van der Waals surface area contributed by atoms with E-state index in [0.717, 1.165) is 6.07 Å². The summed E-state index contributed by atoms with van der Waals surface area (Å²) in [6, 6.07) is 10.3. The molecule has 2 aromatic rings. The van der Waals surface area contributed by atoms with Crippen molar-refractivity contribution < 1.29 is 28.7 Å². The first-order chi connectivity index (χ1) is 13.4. The van der Waals surface area contributed by atoms with Gasteiger partial charge in [-0.05, 0) is 35.9 Å². The number of rotatable bonds is 8. The number of benzene rings is 2. The summed E-state index contributed by atoms with van der Waals surface area (Å²) < 4.78 is 14.7. The van der Waals surface area contributed by atoms with Crippen LogP contribution in [0.1, 0.15) is 15.9 Å². The highest BCUT2D eigenvalue weighted by atomic mass is 16.6. The smallest absolute Gasteiger partial charge is 0.343 e. The van der Waals surface area contributed by atoms with E-state index in [1.54, 1.807) is 24.3 Å². The highest BCUT2D eigenvalue weighted by Gasteiger charge is 2.17. The lowest BCUT2D eigenvalue weighted by molar-refractivity contribution is -0.384. The van der Waals surface area contributed by atoms with Gasteiger partial charge in [0, 0.05) is 12.1 Å². The van der Waals surface area contributed by atoms with E-state index in [2.05, 4.69) is 15.3 Å².